The molecule has 0 bridgehead atoms. The van der Waals surface area contributed by atoms with Crippen LogP contribution in [0.15, 0.2) is 29.1 Å². The number of para-hydroxylation sites is 1. The van der Waals surface area contributed by atoms with Gasteiger partial charge in [0.15, 0.2) is 6.61 Å². The molecule has 0 aliphatic heterocycles. The highest BCUT2D eigenvalue weighted by atomic mass is 16.6. The number of fused-ring (bicyclic) bond motifs is 1. The molecule has 0 radical (unpaired) electrons. The Morgan fingerprint density at radius 1 is 1.19 bits per heavy atom. The Morgan fingerprint density at radius 3 is 2.56 bits per heavy atom. The van der Waals surface area contributed by atoms with Crippen LogP contribution >= 0.6 is 0 Å². The Labute approximate surface area is 157 Å². The molecule has 2 aromatic rings. The van der Waals surface area contributed by atoms with E-state index in [9.17, 15) is 14.4 Å². The molecular formula is C20H24N2O5. The van der Waals surface area contributed by atoms with Crippen molar-refractivity contribution in [1.82, 2.24) is 9.55 Å². The van der Waals surface area contributed by atoms with Crippen LogP contribution in [0, 0.1) is 0 Å². The number of esters is 2. The van der Waals surface area contributed by atoms with Crippen LogP contribution in [0.5, 0.6) is 0 Å². The average molecular weight is 372 g/mol. The van der Waals surface area contributed by atoms with Gasteiger partial charge in [-0.3, -0.25) is 14.2 Å². The molecule has 1 saturated carbocycles. The van der Waals surface area contributed by atoms with E-state index in [1.165, 1.54) is 0 Å². The van der Waals surface area contributed by atoms with Gasteiger partial charge in [0.25, 0.3) is 5.56 Å². The second-order valence-corrected chi connectivity index (χ2v) is 7.70. The number of aromatic nitrogens is 2. The van der Waals surface area contributed by atoms with Crippen molar-refractivity contribution in [2.45, 2.75) is 58.1 Å². The minimum absolute atomic E-state index is 0.0420. The van der Waals surface area contributed by atoms with E-state index in [1.807, 2.05) is 12.1 Å². The largest absolute Gasteiger partial charge is 0.457 e. The van der Waals surface area contributed by atoms with Crippen LogP contribution in [-0.4, -0.2) is 33.7 Å². The fourth-order valence-electron chi connectivity index (χ4n) is 2.87. The SMILES string of the molecule is CC(C)(C)OC(=O)COC(=O)CCc1nc2ccccc2c(=O)n1C1CC1. The lowest BCUT2D eigenvalue weighted by Gasteiger charge is -2.19. The maximum absolute atomic E-state index is 12.8. The monoisotopic (exact) mass is 372 g/mol. The molecule has 1 aliphatic rings. The van der Waals surface area contributed by atoms with Gasteiger partial charge in [-0.2, -0.15) is 0 Å². The number of ether oxygens (including phenoxy) is 2. The van der Waals surface area contributed by atoms with Gasteiger partial charge >= 0.3 is 11.9 Å². The van der Waals surface area contributed by atoms with Crippen molar-refractivity contribution in [3.05, 3.63) is 40.4 Å². The summed E-state index contributed by atoms with van der Waals surface area (Å²) in [4.78, 5) is 41.0. The van der Waals surface area contributed by atoms with Gasteiger partial charge in [0, 0.05) is 12.5 Å². The van der Waals surface area contributed by atoms with E-state index < -0.39 is 24.1 Å². The predicted octanol–water partition coefficient (Wildman–Crippen LogP) is 2.55. The zero-order chi connectivity index (χ0) is 19.6. The Kier molecular flexibility index (Phi) is 5.30. The standard InChI is InChI=1S/C20H24N2O5/c1-20(2,3)27-18(24)12-26-17(23)11-10-16-21-15-7-5-4-6-14(15)19(25)22(16)13-8-9-13/h4-7,13H,8-12H2,1-3H3. The summed E-state index contributed by atoms with van der Waals surface area (Å²) in [6, 6.07) is 7.36. The number of carbonyl (C=O) groups is 2. The van der Waals surface area contributed by atoms with Gasteiger partial charge in [0.05, 0.1) is 17.3 Å². The zero-order valence-corrected chi connectivity index (χ0v) is 15.9. The van der Waals surface area contributed by atoms with E-state index in [-0.39, 0.29) is 24.4 Å². The van der Waals surface area contributed by atoms with E-state index in [1.54, 1.807) is 37.5 Å². The first-order chi connectivity index (χ1) is 12.7. The molecule has 144 valence electrons. The molecule has 7 heteroatoms. The van der Waals surface area contributed by atoms with Crippen molar-refractivity contribution in [2.75, 3.05) is 6.61 Å². The zero-order valence-electron chi connectivity index (χ0n) is 15.9. The summed E-state index contributed by atoms with van der Waals surface area (Å²) in [5.74, 6) is -0.532. The van der Waals surface area contributed by atoms with Crippen LogP contribution in [0.3, 0.4) is 0 Å². The molecule has 27 heavy (non-hydrogen) atoms. The van der Waals surface area contributed by atoms with Crippen molar-refractivity contribution in [3.63, 3.8) is 0 Å². The maximum Gasteiger partial charge on any atom is 0.344 e. The number of nitrogens with zero attached hydrogens (tertiary/aromatic N) is 2. The number of hydrogen-bond donors (Lipinski definition) is 0. The van der Waals surface area contributed by atoms with Crippen molar-refractivity contribution in [1.29, 1.82) is 0 Å². The maximum atomic E-state index is 12.8. The molecule has 1 aromatic heterocycles. The lowest BCUT2D eigenvalue weighted by atomic mass is 10.2. The highest BCUT2D eigenvalue weighted by Gasteiger charge is 2.28. The first-order valence-electron chi connectivity index (χ1n) is 9.12. The van der Waals surface area contributed by atoms with E-state index in [2.05, 4.69) is 4.98 Å². The van der Waals surface area contributed by atoms with Gasteiger partial charge in [-0.15, -0.1) is 0 Å². The molecule has 0 unspecified atom stereocenters. The number of rotatable bonds is 6. The van der Waals surface area contributed by atoms with E-state index >= 15 is 0 Å². The number of aryl methyl sites for hydroxylation is 1. The minimum atomic E-state index is -0.626. The molecule has 0 N–H and O–H groups in total. The first kappa shape index (κ1) is 19.1. The Morgan fingerprint density at radius 2 is 1.89 bits per heavy atom. The van der Waals surface area contributed by atoms with Crippen LogP contribution in [0.2, 0.25) is 0 Å². The van der Waals surface area contributed by atoms with Gasteiger partial charge in [-0.05, 0) is 45.7 Å². The smallest absolute Gasteiger partial charge is 0.344 e. The minimum Gasteiger partial charge on any atom is -0.457 e. The van der Waals surface area contributed by atoms with Gasteiger partial charge in [0.2, 0.25) is 0 Å². The summed E-state index contributed by atoms with van der Waals surface area (Å²) in [6.45, 7) is 4.82. The topological polar surface area (TPSA) is 87.5 Å². The molecule has 1 heterocycles. The summed E-state index contributed by atoms with van der Waals surface area (Å²) < 4.78 is 11.8. The van der Waals surface area contributed by atoms with E-state index in [0.717, 1.165) is 12.8 Å². The van der Waals surface area contributed by atoms with E-state index in [0.29, 0.717) is 16.7 Å². The van der Waals surface area contributed by atoms with Crippen molar-refractivity contribution < 1.29 is 19.1 Å². The van der Waals surface area contributed by atoms with Crippen molar-refractivity contribution >= 4 is 22.8 Å². The third kappa shape index (κ3) is 4.93. The number of benzene rings is 1. The Balaban J connectivity index is 1.66. The Hall–Kier alpha value is -2.70. The molecule has 1 aliphatic carbocycles. The summed E-state index contributed by atoms with van der Waals surface area (Å²) in [5, 5.41) is 0.584. The highest BCUT2D eigenvalue weighted by molar-refractivity contribution is 5.78. The lowest BCUT2D eigenvalue weighted by Crippen LogP contribution is -2.28. The molecule has 1 fully saturated rings. The quantitative estimate of drug-likeness (QED) is 0.724. The molecule has 0 amide bonds. The highest BCUT2D eigenvalue weighted by Crippen LogP contribution is 2.34. The predicted molar refractivity (Wildman–Crippen MR) is 99.4 cm³/mol. The van der Waals surface area contributed by atoms with Crippen molar-refractivity contribution in [2.24, 2.45) is 0 Å². The lowest BCUT2D eigenvalue weighted by molar-refractivity contribution is -0.166. The Bertz CT molecular complexity index is 922. The summed E-state index contributed by atoms with van der Waals surface area (Å²) >= 11 is 0. The molecule has 7 nitrogen and oxygen atoms in total. The average Bonchev–Trinajstić information content (AvgIpc) is 3.41. The molecule has 0 saturated heterocycles. The van der Waals surface area contributed by atoms with Crippen LogP contribution in [0.1, 0.15) is 51.9 Å². The molecular weight excluding hydrogens is 348 g/mol. The fraction of sp³-hybridized carbons (Fsp3) is 0.500. The molecule has 1 aromatic carbocycles. The second-order valence-electron chi connectivity index (χ2n) is 7.70. The van der Waals surface area contributed by atoms with Gasteiger partial charge in [0.1, 0.15) is 11.4 Å². The molecule has 0 atom stereocenters. The van der Waals surface area contributed by atoms with Crippen LogP contribution < -0.4 is 5.56 Å². The fourth-order valence-corrected chi connectivity index (χ4v) is 2.87. The number of carbonyl (C=O) groups excluding carboxylic acids is 2. The van der Waals surface area contributed by atoms with Gasteiger partial charge in [-0.1, -0.05) is 12.1 Å². The van der Waals surface area contributed by atoms with Crippen molar-refractivity contribution in [3.8, 4) is 0 Å². The van der Waals surface area contributed by atoms with Crippen LogP contribution in [0.4, 0.5) is 0 Å². The summed E-state index contributed by atoms with van der Waals surface area (Å²) in [6.07, 6.45) is 2.20. The second kappa shape index (κ2) is 7.50. The first-order valence-corrected chi connectivity index (χ1v) is 9.12. The molecule has 3 rings (SSSR count). The summed E-state index contributed by atoms with van der Waals surface area (Å²) in [5.41, 5.74) is -0.0736. The third-order valence-electron chi connectivity index (χ3n) is 4.12. The summed E-state index contributed by atoms with van der Waals surface area (Å²) in [7, 11) is 0. The van der Waals surface area contributed by atoms with Crippen LogP contribution in [0.25, 0.3) is 10.9 Å². The van der Waals surface area contributed by atoms with Gasteiger partial charge < -0.3 is 9.47 Å². The number of hydrogen-bond acceptors (Lipinski definition) is 6. The van der Waals surface area contributed by atoms with Crippen LogP contribution in [-0.2, 0) is 25.5 Å². The molecule has 0 spiro atoms. The van der Waals surface area contributed by atoms with E-state index in [4.69, 9.17) is 9.47 Å². The normalized spacial score (nSPS) is 14.2. The third-order valence-corrected chi connectivity index (χ3v) is 4.12. The van der Waals surface area contributed by atoms with Gasteiger partial charge in [-0.25, -0.2) is 9.78 Å².